The molecule has 3 rings (SSSR count). The molecule has 0 aliphatic carbocycles. The minimum absolute atomic E-state index is 0.690. The largest absolute Gasteiger partial charge is 0.493 e. The molecule has 3 aromatic rings. The number of nitrogens with zero attached hydrogens (tertiary/aromatic N) is 2. The van der Waals surface area contributed by atoms with Gasteiger partial charge in [0.2, 0.25) is 0 Å². The number of hydrazone groups is 1. The molecule has 0 aromatic heterocycles. The molecule has 0 saturated carbocycles. The van der Waals surface area contributed by atoms with Crippen molar-refractivity contribution in [2.24, 2.45) is 5.10 Å². The lowest BCUT2D eigenvalue weighted by Crippen LogP contribution is -2.18. The van der Waals surface area contributed by atoms with Crippen molar-refractivity contribution in [3.63, 3.8) is 0 Å². The van der Waals surface area contributed by atoms with E-state index >= 15 is 0 Å². The summed E-state index contributed by atoms with van der Waals surface area (Å²) in [6.45, 7) is 2.69. The van der Waals surface area contributed by atoms with Crippen LogP contribution in [0, 0.1) is 0 Å². The van der Waals surface area contributed by atoms with Crippen LogP contribution in [0.15, 0.2) is 84.0 Å². The van der Waals surface area contributed by atoms with Crippen molar-refractivity contribution in [3.8, 4) is 11.5 Å². The van der Waals surface area contributed by atoms with Gasteiger partial charge in [-0.25, -0.2) is 0 Å². The number of ether oxygens (including phenoxy) is 2. The third kappa shape index (κ3) is 4.67. The lowest BCUT2D eigenvalue weighted by Gasteiger charge is -2.21. The molecule has 0 bridgehead atoms. The highest BCUT2D eigenvalue weighted by Gasteiger charge is 2.10. The molecular formula is C23H24N2O2. The van der Waals surface area contributed by atoms with Crippen LogP contribution >= 0.6 is 0 Å². The Morgan fingerprint density at radius 1 is 0.815 bits per heavy atom. The zero-order chi connectivity index (χ0) is 19.1. The molecule has 4 nitrogen and oxygen atoms in total. The smallest absolute Gasteiger partial charge is 0.161 e. The van der Waals surface area contributed by atoms with Gasteiger partial charge in [0.15, 0.2) is 11.5 Å². The normalized spacial score (nSPS) is 11.1. The summed E-state index contributed by atoms with van der Waals surface area (Å²) in [5, 5.41) is 6.91. The first-order valence-electron chi connectivity index (χ1n) is 8.85. The summed E-state index contributed by atoms with van der Waals surface area (Å²) >= 11 is 0. The van der Waals surface area contributed by atoms with Gasteiger partial charge in [0.25, 0.3) is 0 Å². The predicted molar refractivity (Wildman–Crippen MR) is 111 cm³/mol. The topological polar surface area (TPSA) is 34.1 Å². The molecule has 0 aliphatic rings. The number of benzene rings is 3. The van der Waals surface area contributed by atoms with Gasteiger partial charge in [-0.3, -0.25) is 5.01 Å². The first-order chi connectivity index (χ1) is 13.2. The van der Waals surface area contributed by atoms with E-state index in [1.807, 2.05) is 66.5 Å². The number of methoxy groups -OCH3 is 2. The molecule has 4 heteroatoms. The molecule has 0 unspecified atom stereocenters. The van der Waals surface area contributed by atoms with E-state index in [0.29, 0.717) is 18.0 Å². The molecule has 0 radical (unpaired) electrons. The van der Waals surface area contributed by atoms with Gasteiger partial charge in [-0.05, 0) is 42.8 Å². The van der Waals surface area contributed by atoms with Gasteiger partial charge >= 0.3 is 0 Å². The predicted octanol–water partition coefficient (Wildman–Crippen LogP) is 5.13. The van der Waals surface area contributed by atoms with E-state index in [9.17, 15) is 0 Å². The van der Waals surface area contributed by atoms with Gasteiger partial charge in [-0.2, -0.15) is 5.10 Å². The average molecular weight is 360 g/mol. The summed E-state index contributed by atoms with van der Waals surface area (Å²) in [5.74, 6) is 1.40. The van der Waals surface area contributed by atoms with E-state index in [4.69, 9.17) is 14.6 Å². The molecule has 0 fully saturated rings. The van der Waals surface area contributed by atoms with Crippen LogP contribution in [0.1, 0.15) is 18.1 Å². The highest BCUT2D eigenvalue weighted by molar-refractivity contribution is 5.99. The number of para-hydroxylation sites is 1. The molecule has 138 valence electrons. The van der Waals surface area contributed by atoms with Crippen LogP contribution in [0.5, 0.6) is 11.5 Å². The molecule has 0 atom stereocenters. The zero-order valence-corrected chi connectivity index (χ0v) is 15.9. The standard InChI is InChI=1S/C23H24N2O2/c1-18(20-14-15-22(26-2)23(16-20)27-3)24-25(21-12-8-5-9-13-21)17-19-10-6-4-7-11-19/h4-16H,17H2,1-3H3/b24-18+. The van der Waals surface area contributed by atoms with Crippen LogP contribution in [0.2, 0.25) is 0 Å². The summed E-state index contributed by atoms with van der Waals surface area (Å²) in [6, 6.07) is 26.4. The molecule has 0 amide bonds. The molecule has 0 aliphatic heterocycles. The lowest BCUT2D eigenvalue weighted by atomic mass is 10.1. The van der Waals surface area contributed by atoms with E-state index in [1.54, 1.807) is 14.2 Å². The van der Waals surface area contributed by atoms with E-state index < -0.39 is 0 Å². The Balaban J connectivity index is 1.94. The maximum atomic E-state index is 5.42. The van der Waals surface area contributed by atoms with Gasteiger partial charge in [-0.1, -0.05) is 48.5 Å². The quantitative estimate of drug-likeness (QED) is 0.432. The Kier molecular flexibility index (Phi) is 6.10. The lowest BCUT2D eigenvalue weighted by molar-refractivity contribution is 0.355. The first-order valence-corrected chi connectivity index (χ1v) is 8.85. The van der Waals surface area contributed by atoms with E-state index in [2.05, 4.69) is 24.3 Å². The molecule has 0 N–H and O–H groups in total. The minimum atomic E-state index is 0.690. The number of hydrogen-bond donors (Lipinski definition) is 0. The van der Waals surface area contributed by atoms with Gasteiger partial charge in [0.05, 0.1) is 32.2 Å². The molecule has 27 heavy (non-hydrogen) atoms. The SMILES string of the molecule is COc1ccc(/C(C)=N/N(Cc2ccccc2)c2ccccc2)cc1OC. The van der Waals surface area contributed by atoms with Crippen molar-refractivity contribution in [2.75, 3.05) is 19.2 Å². The molecular weight excluding hydrogens is 336 g/mol. The first kappa shape index (κ1) is 18.5. The average Bonchev–Trinajstić information content (AvgIpc) is 2.74. The van der Waals surface area contributed by atoms with Gasteiger partial charge in [0.1, 0.15) is 0 Å². The maximum Gasteiger partial charge on any atom is 0.161 e. The van der Waals surface area contributed by atoms with Crippen molar-refractivity contribution < 1.29 is 9.47 Å². The Morgan fingerprint density at radius 3 is 2.07 bits per heavy atom. The second kappa shape index (κ2) is 8.90. The van der Waals surface area contributed by atoms with Gasteiger partial charge in [-0.15, -0.1) is 0 Å². The van der Waals surface area contributed by atoms with E-state index in [1.165, 1.54) is 5.56 Å². The molecule has 3 aromatic carbocycles. The van der Waals surface area contributed by atoms with Crippen LogP contribution in [-0.4, -0.2) is 19.9 Å². The Bertz CT molecular complexity index is 893. The van der Waals surface area contributed by atoms with Crippen molar-refractivity contribution in [1.82, 2.24) is 0 Å². The fourth-order valence-electron chi connectivity index (χ4n) is 2.84. The van der Waals surface area contributed by atoms with Gasteiger partial charge in [0, 0.05) is 5.56 Å². The molecule has 0 saturated heterocycles. The van der Waals surface area contributed by atoms with Crippen molar-refractivity contribution in [2.45, 2.75) is 13.5 Å². The van der Waals surface area contributed by atoms with E-state index in [0.717, 1.165) is 17.0 Å². The highest BCUT2D eigenvalue weighted by atomic mass is 16.5. The highest BCUT2D eigenvalue weighted by Crippen LogP contribution is 2.28. The number of rotatable bonds is 7. The van der Waals surface area contributed by atoms with Crippen LogP contribution in [-0.2, 0) is 6.54 Å². The van der Waals surface area contributed by atoms with Crippen LogP contribution in [0.3, 0.4) is 0 Å². The second-order valence-corrected chi connectivity index (χ2v) is 6.13. The summed E-state index contributed by atoms with van der Waals surface area (Å²) in [5.41, 5.74) is 4.13. The van der Waals surface area contributed by atoms with Crippen molar-refractivity contribution >= 4 is 11.4 Å². The van der Waals surface area contributed by atoms with Crippen LogP contribution in [0.25, 0.3) is 0 Å². The second-order valence-electron chi connectivity index (χ2n) is 6.13. The summed E-state index contributed by atoms with van der Waals surface area (Å²) in [6.07, 6.45) is 0. The fraction of sp³-hybridized carbons (Fsp3) is 0.174. The number of anilines is 1. The fourth-order valence-corrected chi connectivity index (χ4v) is 2.84. The Labute approximate surface area is 160 Å². The summed E-state index contributed by atoms with van der Waals surface area (Å²) in [4.78, 5) is 0. The Morgan fingerprint density at radius 2 is 1.44 bits per heavy atom. The van der Waals surface area contributed by atoms with Crippen molar-refractivity contribution in [3.05, 3.63) is 90.0 Å². The van der Waals surface area contributed by atoms with Gasteiger partial charge < -0.3 is 9.47 Å². The van der Waals surface area contributed by atoms with Crippen molar-refractivity contribution in [1.29, 1.82) is 0 Å². The molecule has 0 spiro atoms. The monoisotopic (exact) mass is 360 g/mol. The minimum Gasteiger partial charge on any atom is -0.493 e. The Hall–Kier alpha value is -3.27. The zero-order valence-electron chi connectivity index (χ0n) is 15.9. The van der Waals surface area contributed by atoms with E-state index in [-0.39, 0.29) is 0 Å². The molecule has 0 heterocycles. The van der Waals surface area contributed by atoms with Crippen LogP contribution < -0.4 is 14.5 Å². The summed E-state index contributed by atoms with van der Waals surface area (Å²) < 4.78 is 10.7. The third-order valence-electron chi connectivity index (χ3n) is 4.30. The number of hydrogen-bond acceptors (Lipinski definition) is 4. The van der Waals surface area contributed by atoms with Crippen LogP contribution in [0.4, 0.5) is 5.69 Å². The third-order valence-corrected chi connectivity index (χ3v) is 4.30. The maximum absolute atomic E-state index is 5.42. The summed E-state index contributed by atoms with van der Waals surface area (Å²) in [7, 11) is 3.27.